The molecule has 0 spiro atoms. The van der Waals surface area contributed by atoms with Gasteiger partial charge in [-0.25, -0.2) is 0 Å². The highest BCUT2D eigenvalue weighted by Gasteiger charge is 2.07. The molecule has 0 amide bonds. The first-order valence-corrected chi connectivity index (χ1v) is 3.91. The average molecular weight is 224 g/mol. The van der Waals surface area contributed by atoms with Gasteiger partial charge in [0.2, 0.25) is 0 Å². The van der Waals surface area contributed by atoms with E-state index < -0.39 is 6.61 Å². The monoisotopic (exact) mass is 223 g/mol. The number of benzene rings is 1. The summed E-state index contributed by atoms with van der Waals surface area (Å²) in [5.41, 5.74) is 0.727. The van der Waals surface area contributed by atoms with Crippen molar-refractivity contribution in [2.45, 2.75) is 13.2 Å². The molecule has 14 heavy (non-hydrogen) atoms. The van der Waals surface area contributed by atoms with Gasteiger partial charge in [0.1, 0.15) is 5.75 Å². The van der Waals surface area contributed by atoms with Crippen LogP contribution in [0.25, 0.3) is 0 Å². The number of alkyl halides is 2. The van der Waals surface area contributed by atoms with Crippen molar-refractivity contribution in [2.24, 2.45) is 0 Å². The Morgan fingerprint density at radius 1 is 1.36 bits per heavy atom. The Morgan fingerprint density at radius 2 is 2.00 bits per heavy atom. The molecule has 0 radical (unpaired) electrons. The zero-order chi connectivity index (χ0) is 9.68. The molecule has 1 rings (SSSR count). The summed E-state index contributed by atoms with van der Waals surface area (Å²) < 4.78 is 28.1. The predicted octanol–water partition coefficient (Wildman–Crippen LogP) is 2.43. The average Bonchev–Trinajstić information content (AvgIpc) is 2.08. The molecule has 0 fully saturated rings. The van der Waals surface area contributed by atoms with E-state index in [1.54, 1.807) is 25.2 Å². The van der Waals surface area contributed by atoms with Gasteiger partial charge in [-0.05, 0) is 13.1 Å². The molecule has 2 nitrogen and oxygen atoms in total. The highest BCUT2D eigenvalue weighted by Crippen LogP contribution is 2.19. The van der Waals surface area contributed by atoms with Crippen LogP contribution < -0.4 is 10.1 Å². The van der Waals surface area contributed by atoms with Gasteiger partial charge in [0.15, 0.2) is 0 Å². The number of ether oxygens (including phenoxy) is 1. The molecule has 0 atom stereocenters. The number of rotatable bonds is 4. The van der Waals surface area contributed by atoms with Crippen LogP contribution in [-0.4, -0.2) is 13.7 Å². The summed E-state index contributed by atoms with van der Waals surface area (Å²) in [6, 6.07) is 6.72. The highest BCUT2D eigenvalue weighted by molar-refractivity contribution is 5.85. The molecule has 0 aliphatic rings. The van der Waals surface area contributed by atoms with Gasteiger partial charge in [-0.3, -0.25) is 0 Å². The molecular weight excluding hydrogens is 212 g/mol. The molecule has 0 heterocycles. The molecule has 1 N–H and O–H groups in total. The second-order valence-corrected chi connectivity index (χ2v) is 2.52. The van der Waals surface area contributed by atoms with Gasteiger partial charge in [-0.15, -0.1) is 12.4 Å². The Morgan fingerprint density at radius 3 is 2.57 bits per heavy atom. The smallest absolute Gasteiger partial charge is 0.387 e. The second-order valence-electron chi connectivity index (χ2n) is 2.52. The van der Waals surface area contributed by atoms with E-state index in [4.69, 9.17) is 0 Å². The minimum absolute atomic E-state index is 0. The van der Waals surface area contributed by atoms with Crippen LogP contribution in [-0.2, 0) is 6.54 Å². The molecular formula is C9H12ClF2NO. The fourth-order valence-electron chi connectivity index (χ4n) is 1.05. The molecule has 1 aromatic rings. The third-order valence-corrected chi connectivity index (χ3v) is 1.56. The summed E-state index contributed by atoms with van der Waals surface area (Å²) in [6.07, 6.45) is 0. The van der Waals surface area contributed by atoms with Crippen LogP contribution in [0, 0.1) is 0 Å². The van der Waals surface area contributed by atoms with Crippen molar-refractivity contribution in [1.29, 1.82) is 0 Å². The highest BCUT2D eigenvalue weighted by atomic mass is 35.5. The van der Waals surface area contributed by atoms with Gasteiger partial charge in [0.25, 0.3) is 0 Å². The van der Waals surface area contributed by atoms with E-state index in [-0.39, 0.29) is 18.2 Å². The van der Waals surface area contributed by atoms with Crippen molar-refractivity contribution in [3.05, 3.63) is 29.8 Å². The lowest BCUT2D eigenvalue weighted by atomic mass is 10.2. The SMILES string of the molecule is CNCc1ccccc1OC(F)F.Cl. The van der Waals surface area contributed by atoms with Gasteiger partial charge in [-0.2, -0.15) is 8.78 Å². The molecule has 0 aromatic heterocycles. The van der Waals surface area contributed by atoms with Crippen LogP contribution in [0.1, 0.15) is 5.56 Å². The Kier molecular flexibility index (Phi) is 6.16. The van der Waals surface area contributed by atoms with E-state index in [1.807, 2.05) is 0 Å². The standard InChI is InChI=1S/C9H11F2NO.ClH/c1-12-6-7-4-2-3-5-8(7)13-9(10)11;/h2-5,9,12H,6H2,1H3;1H. The Bertz CT molecular complexity index is 271. The van der Waals surface area contributed by atoms with Gasteiger partial charge in [0, 0.05) is 12.1 Å². The molecule has 1 aromatic carbocycles. The molecule has 0 aliphatic heterocycles. The van der Waals surface area contributed by atoms with Gasteiger partial charge in [0.05, 0.1) is 0 Å². The fourth-order valence-corrected chi connectivity index (χ4v) is 1.05. The summed E-state index contributed by atoms with van der Waals surface area (Å²) in [5, 5.41) is 2.87. The number of hydrogen-bond donors (Lipinski definition) is 1. The number of hydrogen-bond acceptors (Lipinski definition) is 2. The maximum Gasteiger partial charge on any atom is 0.387 e. The maximum absolute atomic E-state index is 11.9. The minimum Gasteiger partial charge on any atom is -0.434 e. The van der Waals surface area contributed by atoms with Crippen LogP contribution in [0.3, 0.4) is 0 Å². The summed E-state index contributed by atoms with van der Waals surface area (Å²) in [7, 11) is 1.75. The van der Waals surface area contributed by atoms with Crippen molar-refractivity contribution in [1.82, 2.24) is 5.32 Å². The van der Waals surface area contributed by atoms with Crippen LogP contribution >= 0.6 is 12.4 Å². The van der Waals surface area contributed by atoms with Crippen LogP contribution in [0.4, 0.5) is 8.78 Å². The maximum atomic E-state index is 11.9. The lowest BCUT2D eigenvalue weighted by Gasteiger charge is -2.09. The number of para-hydroxylation sites is 1. The van der Waals surface area contributed by atoms with Crippen molar-refractivity contribution in [2.75, 3.05) is 7.05 Å². The zero-order valence-corrected chi connectivity index (χ0v) is 8.48. The molecule has 0 bridgehead atoms. The molecule has 0 saturated heterocycles. The van der Waals surface area contributed by atoms with E-state index >= 15 is 0 Å². The summed E-state index contributed by atoms with van der Waals surface area (Å²) in [5.74, 6) is 0.229. The zero-order valence-electron chi connectivity index (χ0n) is 7.67. The normalized spacial score (nSPS) is 9.71. The third kappa shape index (κ3) is 3.89. The van der Waals surface area contributed by atoms with E-state index in [1.165, 1.54) is 6.07 Å². The Hall–Kier alpha value is -0.870. The minimum atomic E-state index is -2.77. The number of nitrogens with one attached hydrogen (secondary N) is 1. The molecule has 5 heteroatoms. The fraction of sp³-hybridized carbons (Fsp3) is 0.333. The van der Waals surface area contributed by atoms with E-state index in [0.29, 0.717) is 6.54 Å². The van der Waals surface area contributed by atoms with E-state index in [9.17, 15) is 8.78 Å². The lowest BCUT2D eigenvalue weighted by molar-refractivity contribution is -0.0504. The topological polar surface area (TPSA) is 21.3 Å². The first kappa shape index (κ1) is 13.1. The van der Waals surface area contributed by atoms with Crippen molar-refractivity contribution in [3.63, 3.8) is 0 Å². The molecule has 0 saturated carbocycles. The largest absolute Gasteiger partial charge is 0.434 e. The third-order valence-electron chi connectivity index (χ3n) is 1.56. The first-order chi connectivity index (χ1) is 6.24. The Balaban J connectivity index is 0.00000169. The molecule has 0 aliphatic carbocycles. The number of halogens is 3. The van der Waals surface area contributed by atoms with Crippen LogP contribution in [0.5, 0.6) is 5.75 Å². The van der Waals surface area contributed by atoms with Crippen molar-refractivity contribution < 1.29 is 13.5 Å². The van der Waals surface area contributed by atoms with Gasteiger partial charge < -0.3 is 10.1 Å². The van der Waals surface area contributed by atoms with Crippen LogP contribution in [0.2, 0.25) is 0 Å². The van der Waals surface area contributed by atoms with Crippen molar-refractivity contribution in [3.8, 4) is 5.75 Å². The van der Waals surface area contributed by atoms with Gasteiger partial charge >= 0.3 is 6.61 Å². The van der Waals surface area contributed by atoms with Crippen LogP contribution in [0.15, 0.2) is 24.3 Å². The summed E-state index contributed by atoms with van der Waals surface area (Å²) >= 11 is 0. The molecule has 80 valence electrons. The quantitative estimate of drug-likeness (QED) is 0.847. The second kappa shape index (κ2) is 6.56. The lowest BCUT2D eigenvalue weighted by Crippen LogP contribution is -2.09. The van der Waals surface area contributed by atoms with E-state index in [2.05, 4.69) is 10.1 Å². The first-order valence-electron chi connectivity index (χ1n) is 3.91. The molecule has 0 unspecified atom stereocenters. The Labute approximate surface area is 87.7 Å². The van der Waals surface area contributed by atoms with Crippen molar-refractivity contribution >= 4 is 12.4 Å². The van der Waals surface area contributed by atoms with E-state index in [0.717, 1.165) is 5.56 Å². The van der Waals surface area contributed by atoms with Gasteiger partial charge in [-0.1, -0.05) is 18.2 Å². The summed E-state index contributed by atoms with van der Waals surface area (Å²) in [4.78, 5) is 0. The summed E-state index contributed by atoms with van der Waals surface area (Å²) in [6.45, 7) is -2.25. The predicted molar refractivity (Wildman–Crippen MR) is 53.1 cm³/mol.